The molecule has 1 spiro atoms. The van der Waals surface area contributed by atoms with E-state index in [0.29, 0.717) is 37.1 Å². The van der Waals surface area contributed by atoms with Crippen LogP contribution in [0.5, 0.6) is 0 Å². The van der Waals surface area contributed by atoms with Gasteiger partial charge in [-0.3, -0.25) is 24.8 Å². The predicted octanol–water partition coefficient (Wildman–Crippen LogP) is 6.78. The van der Waals surface area contributed by atoms with Crippen molar-refractivity contribution in [1.29, 1.82) is 0 Å². The maximum absolute atomic E-state index is 16.2. The lowest BCUT2D eigenvalue weighted by atomic mass is 9.60. The van der Waals surface area contributed by atoms with Gasteiger partial charge in [-0.2, -0.15) is 13.1 Å². The molecule has 1 aromatic carbocycles. The molecule has 5 bridgehead atoms. The maximum Gasteiger partial charge on any atom is 0.314 e. The number of allylic oxidation sites excluding steroid dienone is 3. The maximum atomic E-state index is 16.2. The molecule has 8 rings (SSSR count). The largest absolute Gasteiger partial charge is 0.314 e. The van der Waals surface area contributed by atoms with E-state index in [-0.39, 0.29) is 41.0 Å². The lowest BCUT2D eigenvalue weighted by Crippen LogP contribution is -2.51. The van der Waals surface area contributed by atoms with E-state index in [9.17, 15) is 17.6 Å². The Bertz CT molecular complexity index is 2030. The van der Waals surface area contributed by atoms with Gasteiger partial charge in [0.2, 0.25) is 10.0 Å². The standard InChI is InChI=1S/C34H29ClF3N5O3S/c1-20-34(37,38)23-10-11-40-30(12-23)32(44)33-15-21-19-41(20)42(26-6-3-25(36)4-7-26)31(21)13-22(33)2-5-28(16-33)43(27-8-9-27)47(45,46)29-14-24(35)17-39-18-29/h3-4,6-7,10-14,17-18,27-28H,1-2,5,8-9,15-16,19H2/t28-,33-/m0/s1. The highest BCUT2D eigenvalue weighted by molar-refractivity contribution is 7.89. The molecular formula is C34H29ClF3N5O3S. The van der Waals surface area contributed by atoms with Crippen LogP contribution in [0.4, 0.5) is 18.9 Å². The smallest absolute Gasteiger partial charge is 0.291 e. The number of benzene rings is 1. The van der Waals surface area contributed by atoms with Crippen LogP contribution >= 0.6 is 11.6 Å². The second kappa shape index (κ2) is 10.5. The number of alkyl halides is 2. The normalized spacial score (nSPS) is 25.2. The first-order valence-corrected chi connectivity index (χ1v) is 17.2. The molecule has 13 heteroatoms. The Kier molecular flexibility index (Phi) is 6.78. The Morgan fingerprint density at radius 1 is 1.04 bits per heavy atom. The second-order valence-electron chi connectivity index (χ2n) is 12.8. The molecule has 242 valence electrons. The third-order valence-corrected chi connectivity index (χ3v) is 12.2. The Morgan fingerprint density at radius 2 is 1.81 bits per heavy atom. The number of nitrogens with zero attached hydrogens (tertiary/aromatic N) is 5. The Labute approximate surface area is 274 Å². The third kappa shape index (κ3) is 4.67. The van der Waals surface area contributed by atoms with Gasteiger partial charge in [0.05, 0.1) is 28.4 Å². The van der Waals surface area contributed by atoms with Gasteiger partial charge < -0.3 is 0 Å². The summed E-state index contributed by atoms with van der Waals surface area (Å²) >= 11 is 6.14. The number of hydrazine groups is 1. The fourth-order valence-corrected chi connectivity index (χ4v) is 9.78. The highest BCUT2D eigenvalue weighted by atomic mass is 35.5. The van der Waals surface area contributed by atoms with Crippen molar-refractivity contribution in [2.45, 2.75) is 61.4 Å². The van der Waals surface area contributed by atoms with Crippen LogP contribution in [0.2, 0.25) is 5.02 Å². The van der Waals surface area contributed by atoms with Crippen LogP contribution in [0.25, 0.3) is 0 Å². The van der Waals surface area contributed by atoms with Crippen LogP contribution in [0.15, 0.2) is 101 Å². The summed E-state index contributed by atoms with van der Waals surface area (Å²) in [5.74, 6) is -4.46. The molecule has 2 fully saturated rings. The quantitative estimate of drug-likeness (QED) is 0.294. The molecule has 0 saturated heterocycles. The summed E-state index contributed by atoms with van der Waals surface area (Å²) in [5, 5.41) is 3.20. The van der Waals surface area contributed by atoms with E-state index >= 15 is 8.78 Å². The lowest BCUT2D eigenvalue weighted by molar-refractivity contribution is 0.00894. The van der Waals surface area contributed by atoms with Crippen molar-refractivity contribution >= 4 is 33.1 Å². The van der Waals surface area contributed by atoms with Gasteiger partial charge in [-0.25, -0.2) is 12.8 Å². The zero-order valence-corrected chi connectivity index (χ0v) is 26.6. The van der Waals surface area contributed by atoms with Gasteiger partial charge in [0, 0.05) is 36.2 Å². The number of sulfonamides is 1. The molecule has 2 saturated carbocycles. The number of pyridine rings is 2. The molecule has 0 radical (unpaired) electrons. The number of hydrogen-bond donors (Lipinski definition) is 0. The molecular weight excluding hydrogens is 651 g/mol. The minimum absolute atomic E-state index is 0.0189. The van der Waals surface area contributed by atoms with Crippen molar-refractivity contribution < 1.29 is 26.4 Å². The number of halogens is 4. The summed E-state index contributed by atoms with van der Waals surface area (Å²) in [6.07, 6.45) is 8.27. The first-order chi connectivity index (χ1) is 22.4. The van der Waals surface area contributed by atoms with E-state index in [1.165, 1.54) is 64.3 Å². The SMILES string of the molecule is C=C1N2CC3=C(C=C4CC[C@H](N(C5CC5)S(=O)(=O)c5cncc(Cl)c5)C[C@]4(C3)C(=O)c3cc(ccn3)C1(F)F)N2c1ccc(F)cc1. The van der Waals surface area contributed by atoms with Gasteiger partial charge in [-0.05, 0) is 92.6 Å². The highest BCUT2D eigenvalue weighted by Crippen LogP contribution is 2.56. The number of ketones is 1. The molecule has 2 aliphatic heterocycles. The number of carbonyl (C=O) groups is 1. The minimum Gasteiger partial charge on any atom is -0.291 e. The van der Waals surface area contributed by atoms with Crippen LogP contribution < -0.4 is 5.01 Å². The number of fused-ring (bicyclic) bond motifs is 3. The van der Waals surface area contributed by atoms with E-state index in [0.717, 1.165) is 17.2 Å². The molecule has 3 aliphatic carbocycles. The van der Waals surface area contributed by atoms with E-state index in [1.54, 1.807) is 5.01 Å². The van der Waals surface area contributed by atoms with Gasteiger partial charge in [-0.15, -0.1) is 0 Å². The first kappa shape index (κ1) is 30.3. The van der Waals surface area contributed by atoms with Crippen molar-refractivity contribution in [3.05, 3.63) is 118 Å². The lowest BCUT2D eigenvalue weighted by Gasteiger charge is -2.47. The van der Waals surface area contributed by atoms with Crippen LogP contribution in [-0.2, 0) is 15.9 Å². The summed E-state index contributed by atoms with van der Waals surface area (Å²) < 4.78 is 76.2. The fourth-order valence-electron chi connectivity index (χ4n) is 7.66. The molecule has 8 nitrogen and oxygen atoms in total. The summed E-state index contributed by atoms with van der Waals surface area (Å²) in [7, 11) is -4.04. The minimum atomic E-state index is -4.04. The van der Waals surface area contributed by atoms with Crippen LogP contribution in [0.1, 0.15) is 54.6 Å². The zero-order valence-electron chi connectivity index (χ0n) is 25.0. The van der Waals surface area contributed by atoms with Gasteiger partial charge in [-0.1, -0.05) is 23.8 Å². The molecule has 0 amide bonds. The molecule has 2 atom stereocenters. The number of aromatic nitrogens is 2. The molecule has 4 heterocycles. The predicted molar refractivity (Wildman–Crippen MR) is 168 cm³/mol. The molecule has 2 aromatic heterocycles. The topological polar surface area (TPSA) is 86.7 Å². The van der Waals surface area contributed by atoms with Crippen molar-refractivity contribution in [2.75, 3.05) is 11.6 Å². The number of rotatable bonds is 5. The number of Topliss-reactive ketones (excluding diaryl/α,β-unsaturated/α-hetero) is 1. The monoisotopic (exact) mass is 679 g/mol. The van der Waals surface area contributed by atoms with Crippen molar-refractivity contribution in [3.8, 4) is 0 Å². The Hall–Kier alpha value is -4.00. The molecule has 3 aromatic rings. The van der Waals surface area contributed by atoms with Crippen molar-refractivity contribution in [1.82, 2.24) is 19.3 Å². The summed E-state index contributed by atoms with van der Waals surface area (Å²) in [6, 6.07) is 8.46. The van der Waals surface area contributed by atoms with Gasteiger partial charge >= 0.3 is 5.92 Å². The fraction of sp³-hybridized carbons (Fsp3) is 0.324. The summed E-state index contributed by atoms with van der Waals surface area (Å²) in [4.78, 5) is 23.0. The molecule has 0 unspecified atom stereocenters. The summed E-state index contributed by atoms with van der Waals surface area (Å²) in [5.41, 5.74) is 0.333. The van der Waals surface area contributed by atoms with Crippen LogP contribution in [0.3, 0.4) is 0 Å². The van der Waals surface area contributed by atoms with Crippen molar-refractivity contribution in [2.24, 2.45) is 5.41 Å². The van der Waals surface area contributed by atoms with Crippen LogP contribution in [0, 0.1) is 11.2 Å². The molecule has 5 aliphatic rings. The average molecular weight is 680 g/mol. The number of anilines is 1. The first-order valence-electron chi connectivity index (χ1n) is 15.4. The van der Waals surface area contributed by atoms with E-state index in [1.807, 2.05) is 6.08 Å². The Balaban J connectivity index is 1.28. The van der Waals surface area contributed by atoms with Crippen molar-refractivity contribution in [3.63, 3.8) is 0 Å². The third-order valence-electron chi connectivity index (χ3n) is 10.0. The number of hydrogen-bond acceptors (Lipinski definition) is 7. The second-order valence-corrected chi connectivity index (χ2v) is 15.1. The van der Waals surface area contributed by atoms with Gasteiger partial charge in [0.15, 0.2) is 5.78 Å². The summed E-state index contributed by atoms with van der Waals surface area (Å²) in [6.45, 7) is 3.85. The van der Waals surface area contributed by atoms with E-state index < -0.39 is 50.3 Å². The van der Waals surface area contributed by atoms with Gasteiger partial charge in [0.25, 0.3) is 0 Å². The highest BCUT2D eigenvalue weighted by Gasteiger charge is 2.56. The van der Waals surface area contributed by atoms with Gasteiger partial charge in [0.1, 0.15) is 22.1 Å². The molecule has 0 N–H and O–H groups in total. The average Bonchev–Trinajstić information content (AvgIpc) is 3.82. The Morgan fingerprint density at radius 3 is 2.53 bits per heavy atom. The molecule has 47 heavy (non-hydrogen) atoms. The van der Waals surface area contributed by atoms with Crippen LogP contribution in [-0.4, -0.2) is 52.1 Å². The van der Waals surface area contributed by atoms with E-state index in [4.69, 9.17) is 11.6 Å². The number of carbonyl (C=O) groups excluding carboxylic acids is 1. The van der Waals surface area contributed by atoms with E-state index in [2.05, 4.69) is 16.5 Å². The zero-order chi connectivity index (χ0) is 32.9.